The molecule has 0 atom stereocenters. The van der Waals surface area contributed by atoms with Crippen molar-refractivity contribution < 1.29 is 24.0 Å². The number of nitro groups is 1. The van der Waals surface area contributed by atoms with Gasteiger partial charge in [0.25, 0.3) is 5.91 Å². The van der Waals surface area contributed by atoms with Crippen LogP contribution in [0.15, 0.2) is 18.2 Å². The van der Waals surface area contributed by atoms with Gasteiger partial charge in [-0.2, -0.15) is 0 Å². The molecule has 0 aliphatic heterocycles. The number of nitrogens with one attached hydrogen (secondary N) is 2. The number of rotatable bonds is 6. The molecule has 0 bridgehead atoms. The molecule has 0 radical (unpaired) electrons. The number of amides is 2. The lowest BCUT2D eigenvalue weighted by Gasteiger charge is -2.11. The summed E-state index contributed by atoms with van der Waals surface area (Å²) in [4.78, 5) is 49.4. The van der Waals surface area contributed by atoms with E-state index in [1.165, 1.54) is 32.0 Å². The minimum absolute atomic E-state index is 0.0385. The van der Waals surface area contributed by atoms with Gasteiger partial charge in [-0.05, 0) is 30.4 Å². The highest BCUT2D eigenvalue weighted by Gasteiger charge is 2.21. The Balaban J connectivity index is 2.30. The summed E-state index contributed by atoms with van der Waals surface area (Å²) >= 11 is 0.712. The largest absolute Gasteiger partial charge is 0.426 e. The molecular weight excluding hydrogens is 378 g/mol. The molecule has 2 aromatic rings. The van der Waals surface area contributed by atoms with Crippen LogP contribution in [0.4, 0.5) is 15.8 Å². The highest BCUT2D eigenvalue weighted by atomic mass is 32.1. The summed E-state index contributed by atoms with van der Waals surface area (Å²) in [5.41, 5.74) is 5.49. The predicted octanol–water partition coefficient (Wildman–Crippen LogP) is 1.43. The Bertz CT molecular complexity index is 925. The molecule has 2 amide bonds. The lowest BCUT2D eigenvalue weighted by Crippen LogP contribution is -2.20. The van der Waals surface area contributed by atoms with Crippen molar-refractivity contribution in [2.24, 2.45) is 5.73 Å². The van der Waals surface area contributed by atoms with Crippen molar-refractivity contribution in [2.75, 3.05) is 17.2 Å². The zero-order valence-electron chi connectivity index (χ0n) is 14.3. The summed E-state index contributed by atoms with van der Waals surface area (Å²) in [6.07, 6.45) is 0. The SMILES string of the molecule is CC(=O)Nc1cc(OC(=O)CN)ccc1C(=O)Nc1nc(C)c([N+](=O)[O-])s1. The van der Waals surface area contributed by atoms with Crippen molar-refractivity contribution in [1.29, 1.82) is 0 Å². The minimum Gasteiger partial charge on any atom is -0.426 e. The lowest BCUT2D eigenvalue weighted by molar-refractivity contribution is -0.380. The average Bonchev–Trinajstić information content (AvgIpc) is 2.94. The van der Waals surface area contributed by atoms with Crippen LogP contribution in [0.2, 0.25) is 0 Å². The van der Waals surface area contributed by atoms with Crippen molar-refractivity contribution in [3.8, 4) is 5.75 Å². The van der Waals surface area contributed by atoms with Crippen LogP contribution in [0.5, 0.6) is 5.75 Å². The van der Waals surface area contributed by atoms with Gasteiger partial charge in [0.1, 0.15) is 11.4 Å². The van der Waals surface area contributed by atoms with Gasteiger partial charge in [0.2, 0.25) is 5.91 Å². The average molecular weight is 393 g/mol. The Morgan fingerprint density at radius 1 is 1.33 bits per heavy atom. The molecule has 27 heavy (non-hydrogen) atoms. The van der Waals surface area contributed by atoms with Gasteiger partial charge in [0.05, 0.1) is 22.7 Å². The van der Waals surface area contributed by atoms with Crippen molar-refractivity contribution in [2.45, 2.75) is 13.8 Å². The monoisotopic (exact) mass is 393 g/mol. The molecule has 4 N–H and O–H groups in total. The fourth-order valence-electron chi connectivity index (χ4n) is 2.03. The summed E-state index contributed by atoms with van der Waals surface area (Å²) < 4.78 is 4.95. The van der Waals surface area contributed by atoms with Gasteiger partial charge >= 0.3 is 11.0 Å². The fourth-order valence-corrected chi connectivity index (χ4v) is 2.80. The first kappa shape index (κ1) is 19.9. The van der Waals surface area contributed by atoms with Crippen molar-refractivity contribution in [3.05, 3.63) is 39.6 Å². The number of nitrogens with two attached hydrogens (primary N) is 1. The number of thiazole rings is 1. The molecule has 0 fully saturated rings. The molecule has 0 spiro atoms. The maximum absolute atomic E-state index is 12.5. The van der Waals surface area contributed by atoms with Crippen LogP contribution in [0, 0.1) is 17.0 Å². The number of hydrogen-bond acceptors (Lipinski definition) is 9. The third kappa shape index (κ3) is 5.05. The molecule has 11 nitrogen and oxygen atoms in total. The molecule has 0 unspecified atom stereocenters. The normalized spacial score (nSPS) is 10.2. The van der Waals surface area contributed by atoms with E-state index in [2.05, 4.69) is 15.6 Å². The summed E-state index contributed by atoms with van der Waals surface area (Å²) in [6, 6.07) is 3.97. The predicted molar refractivity (Wildman–Crippen MR) is 96.9 cm³/mol. The van der Waals surface area contributed by atoms with E-state index in [1.54, 1.807) is 0 Å². The van der Waals surface area contributed by atoms with Crippen molar-refractivity contribution >= 4 is 44.9 Å². The second-order valence-corrected chi connectivity index (χ2v) is 6.17. The number of carbonyl (C=O) groups is 3. The summed E-state index contributed by atoms with van der Waals surface area (Å²) in [5, 5.41) is 15.6. The molecule has 1 aromatic heterocycles. The fraction of sp³-hybridized carbons (Fsp3) is 0.200. The van der Waals surface area contributed by atoms with Gasteiger partial charge < -0.3 is 15.8 Å². The molecule has 1 heterocycles. The van der Waals surface area contributed by atoms with Crippen LogP contribution in [0.3, 0.4) is 0 Å². The third-order valence-corrected chi connectivity index (χ3v) is 4.13. The summed E-state index contributed by atoms with van der Waals surface area (Å²) in [7, 11) is 0. The topological polar surface area (TPSA) is 167 Å². The van der Waals surface area contributed by atoms with Crippen LogP contribution in [-0.2, 0) is 9.59 Å². The number of benzene rings is 1. The smallest absolute Gasteiger partial charge is 0.348 e. The van der Waals surface area contributed by atoms with Gasteiger partial charge in [0.15, 0.2) is 5.13 Å². The lowest BCUT2D eigenvalue weighted by atomic mass is 10.1. The molecule has 1 aromatic carbocycles. The number of hydrogen-bond donors (Lipinski definition) is 3. The molecule has 0 aliphatic rings. The molecule has 0 saturated carbocycles. The molecule has 142 valence electrons. The second kappa shape index (κ2) is 8.33. The molecule has 0 saturated heterocycles. The molecule has 12 heteroatoms. The van der Waals surface area contributed by atoms with E-state index in [0.29, 0.717) is 11.3 Å². The second-order valence-electron chi connectivity index (χ2n) is 5.19. The van der Waals surface area contributed by atoms with Gasteiger partial charge in [-0.1, -0.05) is 0 Å². The van der Waals surface area contributed by atoms with Crippen molar-refractivity contribution in [1.82, 2.24) is 4.98 Å². The molecule has 2 rings (SSSR count). The number of aromatic nitrogens is 1. The number of anilines is 2. The van der Waals surface area contributed by atoms with Crippen LogP contribution in [0.25, 0.3) is 0 Å². The van der Waals surface area contributed by atoms with Crippen LogP contribution in [-0.4, -0.2) is 34.2 Å². The molecular formula is C15H15N5O6S. The van der Waals surface area contributed by atoms with Gasteiger partial charge in [0, 0.05) is 13.0 Å². The Hall–Kier alpha value is -3.38. The first-order valence-corrected chi connectivity index (χ1v) is 8.28. The van der Waals surface area contributed by atoms with E-state index < -0.39 is 22.7 Å². The van der Waals surface area contributed by atoms with E-state index in [4.69, 9.17) is 10.5 Å². The maximum Gasteiger partial charge on any atom is 0.348 e. The van der Waals surface area contributed by atoms with Crippen molar-refractivity contribution in [3.63, 3.8) is 0 Å². The van der Waals surface area contributed by atoms with E-state index in [0.717, 1.165) is 0 Å². The van der Waals surface area contributed by atoms with Crippen LogP contribution < -0.4 is 21.1 Å². The van der Waals surface area contributed by atoms with Gasteiger partial charge in [-0.15, -0.1) is 0 Å². The quantitative estimate of drug-likeness (QED) is 0.287. The maximum atomic E-state index is 12.5. The van der Waals surface area contributed by atoms with Gasteiger partial charge in [-0.25, -0.2) is 4.98 Å². The molecule has 0 aliphatic carbocycles. The highest BCUT2D eigenvalue weighted by Crippen LogP contribution is 2.31. The number of carbonyl (C=O) groups excluding carboxylic acids is 3. The standard InChI is InChI=1S/C15H15N5O6S/c1-7-14(20(24)25)27-15(17-7)19-13(23)10-4-3-9(26-12(22)6-16)5-11(10)18-8(2)21/h3-5H,6,16H2,1-2H3,(H,18,21)(H,17,19,23). The number of nitrogens with zero attached hydrogens (tertiary/aromatic N) is 2. The van der Waals surface area contributed by atoms with E-state index in [1.807, 2.05) is 0 Å². The van der Waals surface area contributed by atoms with Gasteiger partial charge in [-0.3, -0.25) is 29.8 Å². The number of aryl methyl sites for hydroxylation is 1. The van der Waals surface area contributed by atoms with Crippen LogP contribution in [0.1, 0.15) is 23.0 Å². The first-order valence-electron chi connectivity index (χ1n) is 7.46. The highest BCUT2D eigenvalue weighted by molar-refractivity contribution is 7.19. The minimum atomic E-state index is -0.688. The Morgan fingerprint density at radius 2 is 2.04 bits per heavy atom. The Labute approximate surface area is 156 Å². The summed E-state index contributed by atoms with van der Waals surface area (Å²) in [6.45, 7) is 2.36. The number of esters is 1. The van der Waals surface area contributed by atoms with E-state index >= 15 is 0 Å². The Kier molecular flexibility index (Phi) is 6.15. The first-order chi connectivity index (χ1) is 12.7. The van der Waals surface area contributed by atoms with E-state index in [9.17, 15) is 24.5 Å². The zero-order valence-corrected chi connectivity index (χ0v) is 15.1. The zero-order chi connectivity index (χ0) is 20.1. The Morgan fingerprint density at radius 3 is 2.59 bits per heavy atom. The summed E-state index contributed by atoms with van der Waals surface area (Å²) in [5.74, 6) is -1.70. The third-order valence-electron chi connectivity index (χ3n) is 3.10. The van der Waals surface area contributed by atoms with E-state index in [-0.39, 0.29) is 39.4 Å². The number of ether oxygens (including phenoxy) is 1. The van der Waals surface area contributed by atoms with Crippen LogP contribution >= 0.6 is 11.3 Å².